The highest BCUT2D eigenvalue weighted by atomic mass is 35.5. The number of hydrogen-bond donors (Lipinski definition) is 0. The average Bonchev–Trinajstić information content (AvgIpc) is 2.72. The van der Waals surface area contributed by atoms with Gasteiger partial charge in [0, 0.05) is 19.3 Å². The average molecular weight is 463 g/mol. The van der Waals surface area contributed by atoms with Gasteiger partial charge in [-0.25, -0.2) is 0 Å². The van der Waals surface area contributed by atoms with E-state index in [0.29, 0.717) is 12.8 Å². The summed E-state index contributed by atoms with van der Waals surface area (Å²) in [5.41, 5.74) is 0. The zero-order chi connectivity index (χ0) is 23.3. The molecule has 0 amide bonds. The van der Waals surface area contributed by atoms with Gasteiger partial charge in [0.15, 0.2) is 0 Å². The van der Waals surface area contributed by atoms with Crippen LogP contribution in [0, 0.1) is 0 Å². The van der Waals surface area contributed by atoms with Crippen molar-refractivity contribution in [3.8, 4) is 0 Å². The molecule has 0 aliphatic rings. The van der Waals surface area contributed by atoms with E-state index in [4.69, 9.17) is 25.8 Å². The number of unbranched alkanes of at least 4 members (excludes halogenated alkanes) is 8. The van der Waals surface area contributed by atoms with Gasteiger partial charge < -0.3 is 14.2 Å². The van der Waals surface area contributed by atoms with E-state index in [2.05, 4.69) is 13.8 Å². The number of rotatable bonds is 20. The molecule has 7 nitrogen and oxygen atoms in total. The first kappa shape index (κ1) is 29.4. The quantitative estimate of drug-likeness (QED) is 0.100. The van der Waals surface area contributed by atoms with E-state index in [1.165, 1.54) is 0 Å². The van der Waals surface area contributed by atoms with Crippen LogP contribution < -0.4 is 0 Å². The number of carbonyl (C=O) groups is 4. The van der Waals surface area contributed by atoms with Gasteiger partial charge in [-0.2, -0.15) is 0 Å². The molecule has 0 aliphatic heterocycles. The molecule has 1 atom stereocenters. The molecular formula is C23H39ClO7. The van der Waals surface area contributed by atoms with Crippen molar-refractivity contribution >= 4 is 34.8 Å². The van der Waals surface area contributed by atoms with Gasteiger partial charge in [-0.05, 0) is 24.4 Å². The Morgan fingerprint density at radius 1 is 0.645 bits per heavy atom. The molecule has 0 saturated carbocycles. The number of carbonyl (C=O) groups excluding carboxylic acids is 4. The lowest BCUT2D eigenvalue weighted by Crippen LogP contribution is -2.26. The Morgan fingerprint density at radius 3 is 1.65 bits per heavy atom. The van der Waals surface area contributed by atoms with E-state index < -0.39 is 23.5 Å². The molecule has 8 heteroatoms. The minimum atomic E-state index is -1.15. The van der Waals surface area contributed by atoms with Crippen LogP contribution >= 0.6 is 11.6 Å². The van der Waals surface area contributed by atoms with Gasteiger partial charge >= 0.3 is 17.9 Å². The highest BCUT2D eigenvalue weighted by Crippen LogP contribution is 2.11. The molecule has 0 heterocycles. The van der Waals surface area contributed by atoms with E-state index in [1.54, 1.807) is 0 Å². The summed E-state index contributed by atoms with van der Waals surface area (Å²) in [7, 11) is 0. The van der Waals surface area contributed by atoms with E-state index in [-0.39, 0.29) is 38.3 Å². The Labute approximate surface area is 191 Å². The van der Waals surface area contributed by atoms with Gasteiger partial charge in [0.2, 0.25) is 5.24 Å². The Bertz CT molecular complexity index is 522. The molecule has 0 N–H and O–H groups in total. The second-order valence-corrected chi connectivity index (χ2v) is 8.02. The third kappa shape index (κ3) is 20.0. The molecule has 1 unspecified atom stereocenters. The fourth-order valence-corrected chi connectivity index (χ4v) is 2.93. The lowest BCUT2D eigenvalue weighted by atomic mass is 10.1. The highest BCUT2D eigenvalue weighted by Gasteiger charge is 2.20. The standard InChI is InChI=1S/C23H39ClO7/c1-3-5-7-9-11-13-20(26)29-18-17-23(31-22(28)16-15-19(24)25)30-21(27)14-12-10-8-6-4-2/h23H,3-18H2,1-2H3. The van der Waals surface area contributed by atoms with Crippen molar-refractivity contribution in [1.82, 2.24) is 0 Å². The SMILES string of the molecule is CCCCCCCC(=O)OCCC(OC(=O)CCCCCCC)OC(=O)CCC(=O)Cl. The molecule has 0 aromatic carbocycles. The monoisotopic (exact) mass is 462 g/mol. The molecule has 0 rings (SSSR count). The van der Waals surface area contributed by atoms with Crippen molar-refractivity contribution in [2.24, 2.45) is 0 Å². The lowest BCUT2D eigenvalue weighted by Gasteiger charge is -2.18. The van der Waals surface area contributed by atoms with Gasteiger partial charge in [-0.3, -0.25) is 19.2 Å². The van der Waals surface area contributed by atoms with E-state index in [0.717, 1.165) is 57.8 Å². The van der Waals surface area contributed by atoms with Crippen molar-refractivity contribution in [3.05, 3.63) is 0 Å². The summed E-state index contributed by atoms with van der Waals surface area (Å²) >= 11 is 5.23. The first-order valence-corrected chi connectivity index (χ1v) is 12.0. The predicted molar refractivity (Wildman–Crippen MR) is 118 cm³/mol. The van der Waals surface area contributed by atoms with E-state index >= 15 is 0 Å². The third-order valence-electron chi connectivity index (χ3n) is 4.64. The summed E-state index contributed by atoms with van der Waals surface area (Å²) in [6.07, 6.45) is 9.18. The third-order valence-corrected chi connectivity index (χ3v) is 4.83. The number of hydrogen-bond acceptors (Lipinski definition) is 7. The van der Waals surface area contributed by atoms with E-state index in [9.17, 15) is 19.2 Å². The van der Waals surface area contributed by atoms with Crippen molar-refractivity contribution < 1.29 is 33.4 Å². The molecule has 0 aromatic heterocycles. The van der Waals surface area contributed by atoms with Crippen LogP contribution in [0.2, 0.25) is 0 Å². The van der Waals surface area contributed by atoms with Crippen LogP contribution in [-0.4, -0.2) is 36.0 Å². The maximum absolute atomic E-state index is 12.1. The van der Waals surface area contributed by atoms with E-state index in [1.807, 2.05) is 0 Å². The van der Waals surface area contributed by atoms with Crippen LogP contribution in [0.4, 0.5) is 0 Å². The summed E-state index contributed by atoms with van der Waals surface area (Å²) < 4.78 is 15.6. The first-order valence-electron chi connectivity index (χ1n) is 11.6. The predicted octanol–water partition coefficient (Wildman–Crippen LogP) is 5.60. The molecule has 0 spiro atoms. The zero-order valence-electron chi connectivity index (χ0n) is 19.1. The van der Waals surface area contributed by atoms with Crippen LogP contribution in [0.3, 0.4) is 0 Å². The van der Waals surface area contributed by atoms with Crippen molar-refractivity contribution in [2.45, 2.75) is 116 Å². The first-order chi connectivity index (χ1) is 14.9. The Kier molecular flexibility index (Phi) is 19.2. The smallest absolute Gasteiger partial charge is 0.309 e. The summed E-state index contributed by atoms with van der Waals surface area (Å²) in [6, 6.07) is 0. The van der Waals surface area contributed by atoms with Crippen LogP contribution in [0.1, 0.15) is 110 Å². The molecule has 0 bridgehead atoms. The normalized spacial score (nSPS) is 11.6. The number of ether oxygens (including phenoxy) is 3. The summed E-state index contributed by atoms with van der Waals surface area (Å²) in [6.45, 7) is 4.22. The molecule has 0 aromatic rings. The Morgan fingerprint density at radius 2 is 1.13 bits per heavy atom. The molecule has 0 radical (unpaired) electrons. The zero-order valence-corrected chi connectivity index (χ0v) is 19.9. The largest absolute Gasteiger partial charge is 0.465 e. The van der Waals surface area contributed by atoms with Crippen molar-refractivity contribution in [1.29, 1.82) is 0 Å². The summed E-state index contributed by atoms with van der Waals surface area (Å²) in [5.74, 6) is -1.49. The van der Waals surface area contributed by atoms with Crippen LogP contribution in [0.15, 0.2) is 0 Å². The fraction of sp³-hybridized carbons (Fsp3) is 0.826. The van der Waals surface area contributed by atoms with Gasteiger partial charge in [0.05, 0.1) is 19.4 Å². The Balaban J connectivity index is 4.36. The maximum Gasteiger partial charge on any atom is 0.309 e. The van der Waals surface area contributed by atoms with Gasteiger partial charge in [-0.15, -0.1) is 0 Å². The van der Waals surface area contributed by atoms with Crippen molar-refractivity contribution in [3.63, 3.8) is 0 Å². The number of esters is 3. The molecule has 0 saturated heterocycles. The van der Waals surface area contributed by atoms with Crippen LogP contribution in [0.25, 0.3) is 0 Å². The Hall–Kier alpha value is -1.63. The van der Waals surface area contributed by atoms with Crippen molar-refractivity contribution in [2.75, 3.05) is 6.61 Å². The number of halogens is 1. The molecule has 180 valence electrons. The van der Waals surface area contributed by atoms with Gasteiger partial charge in [0.25, 0.3) is 6.29 Å². The fourth-order valence-electron chi connectivity index (χ4n) is 2.84. The second-order valence-electron chi connectivity index (χ2n) is 7.60. The molecular weight excluding hydrogens is 424 g/mol. The van der Waals surface area contributed by atoms with Crippen LogP contribution in [-0.2, 0) is 33.4 Å². The molecule has 31 heavy (non-hydrogen) atoms. The summed E-state index contributed by atoms with van der Waals surface area (Å²) in [4.78, 5) is 46.6. The van der Waals surface area contributed by atoms with Gasteiger partial charge in [0.1, 0.15) is 0 Å². The lowest BCUT2D eigenvalue weighted by molar-refractivity contribution is -0.191. The van der Waals surface area contributed by atoms with Crippen LogP contribution in [0.5, 0.6) is 0 Å². The topological polar surface area (TPSA) is 96.0 Å². The molecule has 0 fully saturated rings. The highest BCUT2D eigenvalue weighted by molar-refractivity contribution is 6.63. The second kappa shape index (κ2) is 20.3. The minimum absolute atomic E-state index is 0.0239. The molecule has 0 aliphatic carbocycles. The minimum Gasteiger partial charge on any atom is -0.465 e. The maximum atomic E-state index is 12.1. The summed E-state index contributed by atoms with van der Waals surface area (Å²) in [5, 5.41) is -0.648. The van der Waals surface area contributed by atoms with Gasteiger partial charge in [-0.1, -0.05) is 65.2 Å².